The maximum Gasteiger partial charge on any atom is 0.183 e. The second-order valence-corrected chi connectivity index (χ2v) is 4.06. The van der Waals surface area contributed by atoms with Gasteiger partial charge in [-0.2, -0.15) is 5.26 Å². The Hall–Kier alpha value is -2.19. The zero-order chi connectivity index (χ0) is 14.0. The molecular weight excluding hydrogens is 277 g/mol. The lowest BCUT2D eigenvalue weighted by Crippen LogP contribution is -1.99. The molecule has 0 aliphatic rings. The number of nitrogens with one attached hydrogen (secondary N) is 1. The Kier molecular flexibility index (Phi) is 3.63. The molecule has 0 radical (unpaired) electrons. The quantitative estimate of drug-likeness (QED) is 0.887. The molecule has 0 aliphatic carbocycles. The molecule has 6 heteroatoms. The molecule has 2 aromatic carbocycles. The first kappa shape index (κ1) is 13.2. The minimum absolute atomic E-state index is 0.0722. The van der Waals surface area contributed by atoms with Crippen molar-refractivity contribution in [3.8, 4) is 6.07 Å². The van der Waals surface area contributed by atoms with Crippen LogP contribution >= 0.6 is 11.6 Å². The molecule has 0 unspecified atom stereocenters. The van der Waals surface area contributed by atoms with Crippen molar-refractivity contribution in [3.63, 3.8) is 0 Å². The zero-order valence-corrected chi connectivity index (χ0v) is 10.1. The lowest BCUT2D eigenvalue weighted by atomic mass is 10.2. The van der Waals surface area contributed by atoms with Crippen molar-refractivity contribution in [1.82, 2.24) is 0 Å². The molecule has 96 valence electrons. The van der Waals surface area contributed by atoms with Gasteiger partial charge >= 0.3 is 0 Å². The van der Waals surface area contributed by atoms with E-state index in [1.165, 1.54) is 24.3 Å². The van der Waals surface area contributed by atoms with E-state index in [1.54, 1.807) is 0 Å². The summed E-state index contributed by atoms with van der Waals surface area (Å²) in [5.41, 5.74) is -0.381. The average Bonchev–Trinajstić information content (AvgIpc) is 2.40. The van der Waals surface area contributed by atoms with Crippen LogP contribution in [0.5, 0.6) is 0 Å². The molecule has 0 amide bonds. The fourth-order valence-corrected chi connectivity index (χ4v) is 1.58. The van der Waals surface area contributed by atoms with Crippen molar-refractivity contribution in [2.75, 3.05) is 5.32 Å². The molecule has 0 heterocycles. The van der Waals surface area contributed by atoms with Crippen molar-refractivity contribution in [3.05, 3.63) is 58.4 Å². The summed E-state index contributed by atoms with van der Waals surface area (Å²) in [6.07, 6.45) is 0. The van der Waals surface area contributed by atoms with E-state index in [0.717, 1.165) is 12.1 Å². The molecule has 2 rings (SSSR count). The number of benzene rings is 2. The van der Waals surface area contributed by atoms with Gasteiger partial charge in [-0.1, -0.05) is 11.6 Å². The molecule has 2 nitrogen and oxygen atoms in total. The SMILES string of the molecule is N#Cc1ccc(Nc2ccc(Cl)c(F)c2)c(F)c1F. The van der Waals surface area contributed by atoms with Gasteiger partial charge in [0.05, 0.1) is 16.3 Å². The van der Waals surface area contributed by atoms with E-state index in [4.69, 9.17) is 16.9 Å². The highest BCUT2D eigenvalue weighted by Crippen LogP contribution is 2.26. The first-order valence-electron chi connectivity index (χ1n) is 5.13. The fourth-order valence-electron chi connectivity index (χ4n) is 1.46. The Bertz CT molecular complexity index is 680. The Morgan fingerprint density at radius 2 is 1.79 bits per heavy atom. The summed E-state index contributed by atoms with van der Waals surface area (Å²) in [6, 6.07) is 7.61. The lowest BCUT2D eigenvalue weighted by Gasteiger charge is -2.09. The molecule has 19 heavy (non-hydrogen) atoms. The Morgan fingerprint density at radius 1 is 1.05 bits per heavy atom. The van der Waals surface area contributed by atoms with Crippen LogP contribution in [0.2, 0.25) is 5.02 Å². The van der Waals surface area contributed by atoms with Crippen molar-refractivity contribution >= 4 is 23.0 Å². The van der Waals surface area contributed by atoms with Crippen LogP contribution in [0.1, 0.15) is 5.56 Å². The molecule has 0 bridgehead atoms. The van der Waals surface area contributed by atoms with Gasteiger partial charge in [-0.05, 0) is 30.3 Å². The maximum absolute atomic E-state index is 13.6. The van der Waals surface area contributed by atoms with Gasteiger partial charge in [-0.3, -0.25) is 0 Å². The molecule has 0 atom stereocenters. The standard InChI is InChI=1S/C13H6ClF3N2/c14-9-3-2-8(5-10(9)15)19-11-4-1-7(6-18)12(16)13(11)17/h1-5,19H. The highest BCUT2D eigenvalue weighted by atomic mass is 35.5. The molecule has 2 aromatic rings. The van der Waals surface area contributed by atoms with Gasteiger partial charge in [0.2, 0.25) is 0 Å². The number of anilines is 2. The number of nitrogens with zero attached hydrogens (tertiary/aromatic N) is 1. The Balaban J connectivity index is 2.36. The highest BCUT2D eigenvalue weighted by molar-refractivity contribution is 6.30. The number of nitriles is 1. The lowest BCUT2D eigenvalue weighted by molar-refractivity contribution is 0.509. The van der Waals surface area contributed by atoms with E-state index in [0.29, 0.717) is 0 Å². The topological polar surface area (TPSA) is 35.8 Å². The first-order valence-corrected chi connectivity index (χ1v) is 5.51. The predicted octanol–water partition coefficient (Wildman–Crippen LogP) is 4.37. The summed E-state index contributed by atoms with van der Waals surface area (Å²) in [4.78, 5) is 0. The molecule has 0 saturated heterocycles. The van der Waals surface area contributed by atoms with Crippen LogP contribution in [0.15, 0.2) is 30.3 Å². The minimum Gasteiger partial charge on any atom is -0.353 e. The van der Waals surface area contributed by atoms with Crippen LogP contribution in [0, 0.1) is 28.8 Å². The van der Waals surface area contributed by atoms with Crippen LogP contribution in [0.3, 0.4) is 0 Å². The molecule has 1 N–H and O–H groups in total. The predicted molar refractivity (Wildman–Crippen MR) is 65.8 cm³/mol. The third kappa shape index (κ3) is 2.64. The number of halogens is 4. The number of hydrogen-bond acceptors (Lipinski definition) is 2. The molecule has 0 aliphatic heterocycles. The van der Waals surface area contributed by atoms with E-state index in [9.17, 15) is 13.2 Å². The van der Waals surface area contributed by atoms with Gasteiger partial charge in [0.15, 0.2) is 11.6 Å². The zero-order valence-electron chi connectivity index (χ0n) is 9.35. The normalized spacial score (nSPS) is 10.1. The van der Waals surface area contributed by atoms with Gasteiger partial charge in [-0.25, -0.2) is 13.2 Å². The van der Waals surface area contributed by atoms with Gasteiger partial charge in [0.25, 0.3) is 0 Å². The van der Waals surface area contributed by atoms with Crippen molar-refractivity contribution in [2.24, 2.45) is 0 Å². The summed E-state index contributed by atoms with van der Waals surface area (Å²) in [5, 5.41) is 11.0. The van der Waals surface area contributed by atoms with Crippen LogP contribution in [-0.4, -0.2) is 0 Å². The molecular formula is C13H6ClF3N2. The summed E-state index contributed by atoms with van der Waals surface area (Å²) in [6.45, 7) is 0. The second kappa shape index (κ2) is 5.21. The molecule has 0 spiro atoms. The maximum atomic E-state index is 13.6. The molecule has 0 fully saturated rings. The van der Waals surface area contributed by atoms with Gasteiger partial charge in [-0.15, -0.1) is 0 Å². The molecule has 0 aromatic heterocycles. The Labute approximate surface area is 112 Å². The summed E-state index contributed by atoms with van der Waals surface area (Å²) in [5.74, 6) is -3.13. The third-order valence-electron chi connectivity index (χ3n) is 2.40. The highest BCUT2D eigenvalue weighted by Gasteiger charge is 2.13. The van der Waals surface area contributed by atoms with E-state index in [2.05, 4.69) is 5.32 Å². The van der Waals surface area contributed by atoms with Crippen molar-refractivity contribution in [2.45, 2.75) is 0 Å². The van der Waals surface area contributed by atoms with Crippen molar-refractivity contribution < 1.29 is 13.2 Å². The van der Waals surface area contributed by atoms with E-state index in [1.807, 2.05) is 0 Å². The first-order chi connectivity index (χ1) is 9.02. The van der Waals surface area contributed by atoms with Gasteiger partial charge in [0, 0.05) is 5.69 Å². The number of hydrogen-bond donors (Lipinski definition) is 1. The molecule has 0 saturated carbocycles. The summed E-state index contributed by atoms with van der Waals surface area (Å²) in [7, 11) is 0. The van der Waals surface area contributed by atoms with Gasteiger partial charge < -0.3 is 5.32 Å². The van der Waals surface area contributed by atoms with Crippen molar-refractivity contribution in [1.29, 1.82) is 5.26 Å². The van der Waals surface area contributed by atoms with Crippen LogP contribution in [0.4, 0.5) is 24.5 Å². The van der Waals surface area contributed by atoms with Gasteiger partial charge in [0.1, 0.15) is 11.9 Å². The van der Waals surface area contributed by atoms with Crippen LogP contribution in [-0.2, 0) is 0 Å². The second-order valence-electron chi connectivity index (χ2n) is 3.65. The van der Waals surface area contributed by atoms with E-state index >= 15 is 0 Å². The Morgan fingerprint density at radius 3 is 2.42 bits per heavy atom. The fraction of sp³-hybridized carbons (Fsp3) is 0. The summed E-state index contributed by atoms with van der Waals surface area (Å²) >= 11 is 5.51. The average molecular weight is 283 g/mol. The van der Waals surface area contributed by atoms with Crippen LogP contribution < -0.4 is 5.32 Å². The van der Waals surface area contributed by atoms with E-state index in [-0.39, 0.29) is 16.4 Å². The van der Waals surface area contributed by atoms with Crippen LogP contribution in [0.25, 0.3) is 0 Å². The van der Waals surface area contributed by atoms with E-state index < -0.39 is 23.0 Å². The third-order valence-corrected chi connectivity index (χ3v) is 2.71. The number of rotatable bonds is 2. The smallest absolute Gasteiger partial charge is 0.183 e. The summed E-state index contributed by atoms with van der Waals surface area (Å²) < 4.78 is 40.2. The largest absolute Gasteiger partial charge is 0.353 e. The monoisotopic (exact) mass is 282 g/mol. The minimum atomic E-state index is -1.25.